The van der Waals surface area contributed by atoms with Crippen LogP contribution >= 0.6 is 0 Å². The first-order valence-electron chi connectivity index (χ1n) is 5.02. The van der Waals surface area contributed by atoms with Crippen molar-refractivity contribution in [1.29, 1.82) is 0 Å². The van der Waals surface area contributed by atoms with E-state index in [-0.39, 0.29) is 5.92 Å². The van der Waals surface area contributed by atoms with Gasteiger partial charge in [-0.25, -0.2) is 4.39 Å². The molecule has 0 spiro atoms. The van der Waals surface area contributed by atoms with Crippen LogP contribution in [0.15, 0.2) is 36.4 Å². The van der Waals surface area contributed by atoms with Crippen LogP contribution in [0.3, 0.4) is 0 Å². The van der Waals surface area contributed by atoms with Gasteiger partial charge in [0.05, 0.1) is 0 Å². The van der Waals surface area contributed by atoms with E-state index in [1.54, 1.807) is 19.9 Å². The van der Waals surface area contributed by atoms with E-state index in [1.807, 2.05) is 30.3 Å². The molecule has 1 aromatic rings. The number of alkyl halides is 1. The van der Waals surface area contributed by atoms with Gasteiger partial charge in [0, 0.05) is 0 Å². The molecule has 1 unspecified atom stereocenters. The summed E-state index contributed by atoms with van der Waals surface area (Å²) < 4.78 is 13.2. The lowest BCUT2D eigenvalue weighted by Gasteiger charge is -2.06. The summed E-state index contributed by atoms with van der Waals surface area (Å²) in [5.41, 5.74) is 0.904. The SMILES string of the molecule is CC(C)C(F)C(=O)/C=C/c1ccccc1. The van der Waals surface area contributed by atoms with Crippen LogP contribution in [0.2, 0.25) is 0 Å². The van der Waals surface area contributed by atoms with Gasteiger partial charge in [0.25, 0.3) is 0 Å². The second-order valence-electron chi connectivity index (χ2n) is 3.79. The molecule has 0 aliphatic heterocycles. The average molecular weight is 206 g/mol. The van der Waals surface area contributed by atoms with Crippen molar-refractivity contribution in [3.8, 4) is 0 Å². The number of carbonyl (C=O) groups is 1. The molecule has 0 fully saturated rings. The van der Waals surface area contributed by atoms with Gasteiger partial charge in [-0.1, -0.05) is 50.3 Å². The molecule has 0 N–H and O–H groups in total. The molecule has 1 atom stereocenters. The zero-order chi connectivity index (χ0) is 11.3. The molecule has 0 heterocycles. The predicted molar refractivity (Wildman–Crippen MR) is 60.2 cm³/mol. The fourth-order valence-corrected chi connectivity index (χ4v) is 1.16. The van der Waals surface area contributed by atoms with Crippen LogP contribution < -0.4 is 0 Å². The molecule has 15 heavy (non-hydrogen) atoms. The maximum absolute atomic E-state index is 13.2. The molecule has 1 nitrogen and oxygen atoms in total. The second-order valence-corrected chi connectivity index (χ2v) is 3.79. The van der Waals surface area contributed by atoms with Gasteiger partial charge in [-0.3, -0.25) is 4.79 Å². The summed E-state index contributed by atoms with van der Waals surface area (Å²) in [4.78, 5) is 11.3. The first kappa shape index (κ1) is 11.6. The number of ketones is 1. The molecule has 0 aliphatic rings. The largest absolute Gasteiger partial charge is 0.292 e. The Morgan fingerprint density at radius 1 is 1.27 bits per heavy atom. The van der Waals surface area contributed by atoms with E-state index >= 15 is 0 Å². The standard InChI is InChI=1S/C13H15FO/c1-10(2)13(14)12(15)9-8-11-6-4-3-5-7-11/h3-10,13H,1-2H3/b9-8+. The van der Waals surface area contributed by atoms with Gasteiger partial charge in [-0.15, -0.1) is 0 Å². The number of allylic oxidation sites excluding steroid dienone is 1. The van der Waals surface area contributed by atoms with Crippen molar-refractivity contribution in [1.82, 2.24) is 0 Å². The van der Waals surface area contributed by atoms with Crippen LogP contribution in [0.5, 0.6) is 0 Å². The molecule has 1 rings (SSSR count). The fraction of sp³-hybridized carbons (Fsp3) is 0.308. The minimum absolute atomic E-state index is 0.266. The first-order chi connectivity index (χ1) is 7.11. The van der Waals surface area contributed by atoms with Gasteiger partial charge in [0.2, 0.25) is 0 Å². The zero-order valence-corrected chi connectivity index (χ0v) is 8.98. The number of carbonyl (C=O) groups excluding carboxylic acids is 1. The Labute approximate surface area is 89.6 Å². The average Bonchev–Trinajstić information content (AvgIpc) is 2.26. The number of hydrogen-bond donors (Lipinski definition) is 0. The van der Waals surface area contributed by atoms with Gasteiger partial charge in [0.1, 0.15) is 0 Å². The molecular weight excluding hydrogens is 191 g/mol. The highest BCUT2D eigenvalue weighted by atomic mass is 19.1. The summed E-state index contributed by atoms with van der Waals surface area (Å²) in [7, 11) is 0. The third kappa shape index (κ3) is 3.66. The number of rotatable bonds is 4. The molecule has 0 bridgehead atoms. The van der Waals surface area contributed by atoms with E-state index in [0.717, 1.165) is 5.56 Å². The summed E-state index contributed by atoms with van der Waals surface area (Å²) in [5, 5.41) is 0. The number of benzene rings is 1. The summed E-state index contributed by atoms with van der Waals surface area (Å²) in [5.74, 6) is -0.730. The van der Waals surface area contributed by atoms with E-state index in [4.69, 9.17) is 0 Å². The third-order valence-electron chi connectivity index (χ3n) is 2.10. The van der Waals surface area contributed by atoms with Crippen molar-refractivity contribution in [2.24, 2.45) is 5.92 Å². The Balaban J connectivity index is 2.63. The lowest BCUT2D eigenvalue weighted by molar-refractivity contribution is -0.120. The highest BCUT2D eigenvalue weighted by molar-refractivity contribution is 5.97. The van der Waals surface area contributed by atoms with Gasteiger partial charge < -0.3 is 0 Å². The van der Waals surface area contributed by atoms with Crippen molar-refractivity contribution < 1.29 is 9.18 Å². The third-order valence-corrected chi connectivity index (χ3v) is 2.10. The predicted octanol–water partition coefficient (Wildman–Crippen LogP) is 3.26. The molecule has 0 amide bonds. The Kier molecular flexibility index (Phi) is 4.22. The minimum Gasteiger partial charge on any atom is -0.292 e. The summed E-state index contributed by atoms with van der Waals surface area (Å²) in [6.07, 6.45) is 1.54. The van der Waals surface area contributed by atoms with Gasteiger partial charge >= 0.3 is 0 Å². The quantitative estimate of drug-likeness (QED) is 0.691. The smallest absolute Gasteiger partial charge is 0.190 e. The van der Waals surface area contributed by atoms with Crippen molar-refractivity contribution in [3.63, 3.8) is 0 Å². The molecule has 0 saturated carbocycles. The van der Waals surface area contributed by atoms with Gasteiger partial charge in [0.15, 0.2) is 12.0 Å². The van der Waals surface area contributed by atoms with E-state index < -0.39 is 12.0 Å². The van der Waals surface area contributed by atoms with Crippen molar-refractivity contribution in [3.05, 3.63) is 42.0 Å². The van der Waals surface area contributed by atoms with Crippen LogP contribution in [-0.4, -0.2) is 12.0 Å². The molecule has 0 aliphatic carbocycles. The van der Waals surface area contributed by atoms with Crippen LogP contribution in [0.4, 0.5) is 4.39 Å². The lowest BCUT2D eigenvalue weighted by atomic mass is 10.0. The Hall–Kier alpha value is -1.44. The van der Waals surface area contributed by atoms with Gasteiger partial charge in [-0.05, 0) is 17.6 Å². The van der Waals surface area contributed by atoms with Crippen molar-refractivity contribution in [2.75, 3.05) is 0 Å². The normalized spacial score (nSPS) is 13.3. The number of halogens is 1. The van der Waals surface area contributed by atoms with E-state index in [0.29, 0.717) is 0 Å². The van der Waals surface area contributed by atoms with Crippen molar-refractivity contribution in [2.45, 2.75) is 20.0 Å². The van der Waals surface area contributed by atoms with E-state index in [9.17, 15) is 9.18 Å². The molecule has 0 aromatic heterocycles. The lowest BCUT2D eigenvalue weighted by Crippen LogP contribution is -2.19. The maximum Gasteiger partial charge on any atom is 0.190 e. The van der Waals surface area contributed by atoms with Crippen LogP contribution in [0.1, 0.15) is 19.4 Å². The highest BCUT2D eigenvalue weighted by Gasteiger charge is 2.17. The molecular formula is C13H15FO. The monoisotopic (exact) mass is 206 g/mol. The number of hydrogen-bond acceptors (Lipinski definition) is 1. The van der Waals surface area contributed by atoms with E-state index in [1.165, 1.54) is 6.08 Å². The molecule has 80 valence electrons. The Morgan fingerprint density at radius 3 is 2.40 bits per heavy atom. The summed E-state index contributed by atoms with van der Waals surface area (Å²) in [6.45, 7) is 3.39. The second kappa shape index (κ2) is 5.44. The Bertz CT molecular complexity index is 341. The topological polar surface area (TPSA) is 17.1 Å². The van der Waals surface area contributed by atoms with Crippen LogP contribution in [0.25, 0.3) is 6.08 Å². The van der Waals surface area contributed by atoms with E-state index in [2.05, 4.69) is 0 Å². The molecule has 0 radical (unpaired) electrons. The summed E-state index contributed by atoms with van der Waals surface area (Å²) in [6, 6.07) is 9.38. The zero-order valence-electron chi connectivity index (χ0n) is 8.98. The maximum atomic E-state index is 13.2. The van der Waals surface area contributed by atoms with Crippen LogP contribution in [-0.2, 0) is 4.79 Å². The van der Waals surface area contributed by atoms with Crippen LogP contribution in [0, 0.1) is 5.92 Å². The Morgan fingerprint density at radius 2 is 1.87 bits per heavy atom. The fourth-order valence-electron chi connectivity index (χ4n) is 1.16. The van der Waals surface area contributed by atoms with Gasteiger partial charge in [-0.2, -0.15) is 0 Å². The molecule has 0 saturated heterocycles. The molecule has 2 heteroatoms. The molecule has 1 aromatic carbocycles. The highest BCUT2D eigenvalue weighted by Crippen LogP contribution is 2.09. The summed E-state index contributed by atoms with van der Waals surface area (Å²) >= 11 is 0. The minimum atomic E-state index is -1.40. The van der Waals surface area contributed by atoms with Crippen molar-refractivity contribution >= 4 is 11.9 Å². The first-order valence-corrected chi connectivity index (χ1v) is 5.02.